The number of rotatable bonds is 5. The van der Waals surface area contributed by atoms with E-state index >= 15 is 0 Å². The molecule has 0 aliphatic rings. The highest BCUT2D eigenvalue weighted by molar-refractivity contribution is 5.81. The Morgan fingerprint density at radius 3 is 2.57 bits per heavy atom. The van der Waals surface area contributed by atoms with Crippen LogP contribution in [0.3, 0.4) is 0 Å². The molecule has 3 aromatic rings. The van der Waals surface area contributed by atoms with Crippen molar-refractivity contribution in [2.24, 2.45) is 0 Å². The van der Waals surface area contributed by atoms with Crippen LogP contribution in [0.15, 0.2) is 42.6 Å². The second-order valence-electron chi connectivity index (χ2n) is 7.09. The molecule has 2 aromatic heterocycles. The first-order chi connectivity index (χ1) is 10.9. The minimum atomic E-state index is 0.0102. The number of pyridine rings is 1. The van der Waals surface area contributed by atoms with Gasteiger partial charge in [0.2, 0.25) is 0 Å². The number of fused-ring (bicyclic) bond motifs is 1. The highest BCUT2D eigenvalue weighted by Gasteiger charge is 2.21. The summed E-state index contributed by atoms with van der Waals surface area (Å²) in [6, 6.07) is 13.0. The van der Waals surface area contributed by atoms with E-state index in [9.17, 15) is 0 Å². The van der Waals surface area contributed by atoms with Gasteiger partial charge < -0.3 is 10.3 Å². The molecule has 1 aromatic carbocycles. The molecule has 0 bridgehead atoms. The minimum absolute atomic E-state index is 0.0102. The topological polar surface area (TPSA) is 40.7 Å². The molecule has 120 valence electrons. The third-order valence-corrected chi connectivity index (χ3v) is 4.32. The summed E-state index contributed by atoms with van der Waals surface area (Å²) in [5.74, 6) is 0. The van der Waals surface area contributed by atoms with Crippen molar-refractivity contribution in [3.05, 3.63) is 65.1 Å². The minimum Gasteiger partial charge on any atom is -0.357 e. The van der Waals surface area contributed by atoms with Crippen LogP contribution in [0, 0.1) is 13.8 Å². The molecule has 0 saturated carbocycles. The average Bonchev–Trinajstić information content (AvgIpc) is 2.89. The fourth-order valence-electron chi connectivity index (χ4n) is 2.86. The van der Waals surface area contributed by atoms with Crippen molar-refractivity contribution in [2.75, 3.05) is 6.54 Å². The van der Waals surface area contributed by atoms with Crippen LogP contribution in [-0.4, -0.2) is 16.5 Å². The maximum Gasteiger partial charge on any atom is 0.0472 e. The Morgan fingerprint density at radius 2 is 1.83 bits per heavy atom. The van der Waals surface area contributed by atoms with E-state index in [-0.39, 0.29) is 5.41 Å². The molecule has 0 radical (unpaired) electrons. The summed E-state index contributed by atoms with van der Waals surface area (Å²) in [5, 5.41) is 4.83. The van der Waals surface area contributed by atoms with Gasteiger partial charge in [-0.05, 0) is 48.6 Å². The Balaban J connectivity index is 1.64. The monoisotopic (exact) mass is 307 g/mol. The molecule has 0 aliphatic heterocycles. The molecular weight excluding hydrogens is 282 g/mol. The standard InChI is InChI=1S/C20H25N3/c1-14-5-7-16-10-17(23-18(16)9-14)12-21-13-20(3,4)19-8-6-15(2)11-22-19/h5-11,21,23H,12-13H2,1-4H3. The number of benzene rings is 1. The molecule has 2 N–H and O–H groups in total. The smallest absolute Gasteiger partial charge is 0.0472 e. The van der Waals surface area contributed by atoms with Gasteiger partial charge in [-0.3, -0.25) is 4.98 Å². The molecule has 2 heterocycles. The second kappa shape index (κ2) is 6.17. The Morgan fingerprint density at radius 1 is 1.04 bits per heavy atom. The lowest BCUT2D eigenvalue weighted by atomic mass is 9.88. The Kier molecular flexibility index (Phi) is 4.22. The summed E-state index contributed by atoms with van der Waals surface area (Å²) >= 11 is 0. The first-order valence-electron chi connectivity index (χ1n) is 8.16. The first-order valence-corrected chi connectivity index (χ1v) is 8.16. The van der Waals surface area contributed by atoms with Crippen LogP contribution < -0.4 is 5.32 Å². The zero-order valence-electron chi connectivity index (χ0n) is 14.4. The quantitative estimate of drug-likeness (QED) is 0.740. The lowest BCUT2D eigenvalue weighted by molar-refractivity contribution is 0.455. The summed E-state index contributed by atoms with van der Waals surface area (Å²) in [6.45, 7) is 10.4. The zero-order valence-corrected chi connectivity index (χ0v) is 14.4. The van der Waals surface area contributed by atoms with Gasteiger partial charge in [0, 0.05) is 41.6 Å². The van der Waals surface area contributed by atoms with Gasteiger partial charge >= 0.3 is 0 Å². The van der Waals surface area contributed by atoms with Gasteiger partial charge in [-0.1, -0.05) is 32.0 Å². The summed E-state index contributed by atoms with van der Waals surface area (Å²) in [5.41, 5.74) is 6.05. The number of aromatic nitrogens is 2. The van der Waals surface area contributed by atoms with Crippen molar-refractivity contribution < 1.29 is 0 Å². The molecule has 23 heavy (non-hydrogen) atoms. The van der Waals surface area contributed by atoms with Gasteiger partial charge in [0.05, 0.1) is 0 Å². The van der Waals surface area contributed by atoms with Crippen LogP contribution >= 0.6 is 0 Å². The summed E-state index contributed by atoms with van der Waals surface area (Å²) in [7, 11) is 0. The molecule has 3 nitrogen and oxygen atoms in total. The Hall–Kier alpha value is -2.13. The van der Waals surface area contributed by atoms with Crippen LogP contribution in [0.4, 0.5) is 0 Å². The van der Waals surface area contributed by atoms with E-state index in [0.717, 1.165) is 18.8 Å². The van der Waals surface area contributed by atoms with Crippen molar-refractivity contribution in [1.82, 2.24) is 15.3 Å². The van der Waals surface area contributed by atoms with E-state index in [2.05, 4.69) is 79.4 Å². The first kappa shape index (κ1) is 15.8. The van der Waals surface area contributed by atoms with E-state index in [0.29, 0.717) is 0 Å². The van der Waals surface area contributed by atoms with Gasteiger partial charge in [0.1, 0.15) is 0 Å². The van der Waals surface area contributed by atoms with Crippen LogP contribution in [0.25, 0.3) is 10.9 Å². The Labute approximate surface area is 138 Å². The molecule has 0 fully saturated rings. The highest BCUT2D eigenvalue weighted by atomic mass is 14.9. The SMILES string of the molecule is Cc1ccc(C(C)(C)CNCc2cc3ccc(C)cc3[nH]2)nc1. The largest absolute Gasteiger partial charge is 0.357 e. The maximum atomic E-state index is 4.57. The third kappa shape index (κ3) is 3.62. The zero-order chi connectivity index (χ0) is 16.4. The van der Waals surface area contributed by atoms with Crippen LogP contribution in [-0.2, 0) is 12.0 Å². The fourth-order valence-corrected chi connectivity index (χ4v) is 2.86. The van der Waals surface area contributed by atoms with Crippen LogP contribution in [0.1, 0.15) is 36.4 Å². The molecular formula is C20H25N3. The van der Waals surface area contributed by atoms with Crippen molar-refractivity contribution in [3.63, 3.8) is 0 Å². The molecule has 0 aliphatic carbocycles. The Bertz CT molecular complexity index is 797. The average molecular weight is 307 g/mol. The van der Waals surface area contributed by atoms with Crippen molar-refractivity contribution in [2.45, 2.75) is 39.7 Å². The van der Waals surface area contributed by atoms with Gasteiger partial charge in [-0.2, -0.15) is 0 Å². The molecule has 0 spiro atoms. The predicted molar refractivity (Wildman–Crippen MR) is 96.7 cm³/mol. The van der Waals surface area contributed by atoms with E-state index in [1.54, 1.807) is 0 Å². The molecule has 0 amide bonds. The van der Waals surface area contributed by atoms with Gasteiger partial charge in [0.25, 0.3) is 0 Å². The highest BCUT2D eigenvalue weighted by Crippen LogP contribution is 2.21. The van der Waals surface area contributed by atoms with Crippen molar-refractivity contribution in [3.8, 4) is 0 Å². The third-order valence-electron chi connectivity index (χ3n) is 4.32. The lowest BCUT2D eigenvalue weighted by Gasteiger charge is -2.24. The molecule has 3 rings (SSSR count). The number of nitrogens with zero attached hydrogens (tertiary/aromatic N) is 1. The fraction of sp³-hybridized carbons (Fsp3) is 0.350. The van der Waals surface area contributed by atoms with Crippen molar-refractivity contribution in [1.29, 1.82) is 0 Å². The normalized spacial score (nSPS) is 12.0. The van der Waals surface area contributed by atoms with Gasteiger partial charge in [-0.15, -0.1) is 0 Å². The van der Waals surface area contributed by atoms with Crippen LogP contribution in [0.5, 0.6) is 0 Å². The summed E-state index contributed by atoms with van der Waals surface area (Å²) in [4.78, 5) is 8.06. The van der Waals surface area contributed by atoms with E-state index in [4.69, 9.17) is 0 Å². The van der Waals surface area contributed by atoms with Crippen LogP contribution in [0.2, 0.25) is 0 Å². The van der Waals surface area contributed by atoms with Gasteiger partial charge in [0.15, 0.2) is 0 Å². The maximum absolute atomic E-state index is 4.57. The second-order valence-corrected chi connectivity index (χ2v) is 7.09. The molecule has 0 unspecified atom stereocenters. The van der Waals surface area contributed by atoms with E-state index in [1.165, 1.54) is 27.7 Å². The predicted octanol–water partition coefficient (Wildman–Crippen LogP) is 4.25. The number of nitrogens with one attached hydrogen (secondary N) is 2. The number of hydrogen-bond donors (Lipinski definition) is 2. The number of hydrogen-bond acceptors (Lipinski definition) is 2. The summed E-state index contributed by atoms with van der Waals surface area (Å²) < 4.78 is 0. The van der Waals surface area contributed by atoms with E-state index < -0.39 is 0 Å². The number of H-pyrrole nitrogens is 1. The number of aromatic amines is 1. The number of aryl methyl sites for hydroxylation is 2. The van der Waals surface area contributed by atoms with Gasteiger partial charge in [-0.25, -0.2) is 0 Å². The molecule has 0 saturated heterocycles. The summed E-state index contributed by atoms with van der Waals surface area (Å²) in [6.07, 6.45) is 1.94. The lowest BCUT2D eigenvalue weighted by Crippen LogP contribution is -2.33. The molecule has 0 atom stereocenters. The van der Waals surface area contributed by atoms with E-state index in [1.807, 2.05) is 6.20 Å². The molecule has 3 heteroatoms. The van der Waals surface area contributed by atoms with Crippen molar-refractivity contribution >= 4 is 10.9 Å².